The second-order valence-corrected chi connectivity index (χ2v) is 10.8. The number of rotatable bonds is 7. The molecule has 2 fully saturated rings. The van der Waals surface area contributed by atoms with Gasteiger partial charge in [0.15, 0.2) is 5.82 Å². The zero-order valence-electron chi connectivity index (χ0n) is 21.9. The van der Waals surface area contributed by atoms with Crippen molar-refractivity contribution < 1.29 is 14.0 Å². The molecule has 0 bridgehead atoms. The Bertz CT molecular complexity index is 1580. The first-order valence-corrected chi connectivity index (χ1v) is 14.0. The maximum atomic E-state index is 13.5. The highest BCUT2D eigenvalue weighted by Crippen LogP contribution is 2.32. The Morgan fingerprint density at radius 2 is 1.73 bits per heavy atom. The van der Waals surface area contributed by atoms with Gasteiger partial charge in [-0.1, -0.05) is 30.5 Å². The van der Waals surface area contributed by atoms with Crippen molar-refractivity contribution in [3.8, 4) is 11.4 Å². The van der Waals surface area contributed by atoms with Gasteiger partial charge in [-0.05, 0) is 79.4 Å². The van der Waals surface area contributed by atoms with Crippen molar-refractivity contribution >= 4 is 45.8 Å². The zero-order valence-corrected chi connectivity index (χ0v) is 22.7. The molecule has 1 saturated heterocycles. The van der Waals surface area contributed by atoms with E-state index in [0.29, 0.717) is 39.7 Å². The van der Waals surface area contributed by atoms with Crippen molar-refractivity contribution in [3.05, 3.63) is 82.6 Å². The second-order valence-electron chi connectivity index (χ2n) is 10.4. The van der Waals surface area contributed by atoms with Gasteiger partial charge in [0.25, 0.3) is 5.91 Å². The van der Waals surface area contributed by atoms with Crippen LogP contribution < -0.4 is 15.5 Å². The number of hydrogen-bond donors (Lipinski definition) is 2. The van der Waals surface area contributed by atoms with E-state index in [1.807, 2.05) is 24.3 Å². The van der Waals surface area contributed by atoms with E-state index in [9.17, 15) is 14.0 Å². The molecule has 9 heteroatoms. The molecule has 40 heavy (non-hydrogen) atoms. The molecule has 3 aromatic carbocycles. The molecular weight excluding hydrogens is 529 g/mol. The third-order valence-electron chi connectivity index (χ3n) is 7.66. The smallest absolute Gasteiger partial charge is 0.257 e. The minimum Gasteiger partial charge on any atom is -0.356 e. The van der Waals surface area contributed by atoms with Gasteiger partial charge >= 0.3 is 0 Å². The van der Waals surface area contributed by atoms with E-state index in [1.165, 1.54) is 12.1 Å². The van der Waals surface area contributed by atoms with Gasteiger partial charge in [0.05, 0.1) is 16.1 Å². The molecule has 1 saturated carbocycles. The van der Waals surface area contributed by atoms with E-state index in [-0.39, 0.29) is 23.5 Å². The third-order valence-corrected chi connectivity index (χ3v) is 7.99. The number of halogens is 2. The first-order chi connectivity index (χ1) is 19.4. The summed E-state index contributed by atoms with van der Waals surface area (Å²) in [4.78, 5) is 37.4. The van der Waals surface area contributed by atoms with Crippen LogP contribution in [0.3, 0.4) is 0 Å². The molecule has 4 aromatic rings. The highest BCUT2D eigenvalue weighted by molar-refractivity contribution is 6.34. The molecule has 204 valence electrons. The summed E-state index contributed by atoms with van der Waals surface area (Å²) in [6.45, 7) is 2.15. The molecule has 2 amide bonds. The Labute approximate surface area is 236 Å². The lowest BCUT2D eigenvalue weighted by Crippen LogP contribution is -2.37. The van der Waals surface area contributed by atoms with Gasteiger partial charge in [0.2, 0.25) is 5.91 Å². The highest BCUT2D eigenvalue weighted by Gasteiger charge is 2.23. The quantitative estimate of drug-likeness (QED) is 0.276. The Morgan fingerprint density at radius 3 is 2.45 bits per heavy atom. The van der Waals surface area contributed by atoms with Crippen molar-refractivity contribution in [1.29, 1.82) is 0 Å². The lowest BCUT2D eigenvalue weighted by molar-refractivity contribution is -0.124. The highest BCUT2D eigenvalue weighted by atomic mass is 35.5. The van der Waals surface area contributed by atoms with Gasteiger partial charge in [0, 0.05) is 42.2 Å². The zero-order chi connectivity index (χ0) is 27.6. The number of hydrogen-bond acceptors (Lipinski definition) is 5. The fraction of sp³-hybridized carbons (Fsp3) is 0.290. The monoisotopic (exact) mass is 557 g/mol. The van der Waals surface area contributed by atoms with Gasteiger partial charge < -0.3 is 15.5 Å². The molecular formula is C31H29ClFN5O2. The first kappa shape index (κ1) is 26.2. The summed E-state index contributed by atoms with van der Waals surface area (Å²) in [6, 6.07) is 16.8. The fourth-order valence-corrected chi connectivity index (χ4v) is 5.47. The van der Waals surface area contributed by atoms with E-state index in [2.05, 4.69) is 15.5 Å². The molecule has 1 aliphatic heterocycles. The topological polar surface area (TPSA) is 87.2 Å². The van der Waals surface area contributed by atoms with Crippen LogP contribution >= 0.6 is 11.6 Å². The van der Waals surface area contributed by atoms with Crippen LogP contribution in [0.15, 0.2) is 60.7 Å². The molecule has 1 aromatic heterocycles. The van der Waals surface area contributed by atoms with Crippen molar-refractivity contribution in [2.75, 3.05) is 23.3 Å². The van der Waals surface area contributed by atoms with Gasteiger partial charge in [-0.15, -0.1) is 0 Å². The molecule has 2 heterocycles. The van der Waals surface area contributed by atoms with E-state index < -0.39 is 0 Å². The molecule has 2 N–H and O–H groups in total. The molecule has 2 aliphatic rings. The maximum absolute atomic E-state index is 13.5. The van der Waals surface area contributed by atoms with Crippen molar-refractivity contribution in [3.63, 3.8) is 0 Å². The minimum atomic E-state index is -0.357. The van der Waals surface area contributed by atoms with Crippen molar-refractivity contribution in [1.82, 2.24) is 15.3 Å². The summed E-state index contributed by atoms with van der Waals surface area (Å²) >= 11 is 6.40. The van der Waals surface area contributed by atoms with E-state index >= 15 is 0 Å². The molecule has 7 nitrogen and oxygen atoms in total. The number of nitrogens with one attached hydrogen (secondary N) is 2. The number of fused-ring (bicyclic) bond motifs is 1. The molecule has 0 spiro atoms. The third kappa shape index (κ3) is 5.49. The SMILES string of the molecule is O=C(Nc1ccc2c(N3CCC3)nc(-c3ccc(F)cc3)nc2c1)c1cc(CNC(=O)C2CCCC2)ccc1Cl. The summed E-state index contributed by atoms with van der Waals surface area (Å²) in [5, 5.41) is 7.13. The number of aromatic nitrogens is 2. The number of amides is 2. The van der Waals surface area contributed by atoms with E-state index in [1.54, 1.807) is 24.3 Å². The molecule has 0 unspecified atom stereocenters. The van der Waals surface area contributed by atoms with Crippen molar-refractivity contribution in [2.24, 2.45) is 5.92 Å². The van der Waals surface area contributed by atoms with E-state index in [4.69, 9.17) is 21.6 Å². The normalized spacial score (nSPS) is 15.2. The average molecular weight is 558 g/mol. The van der Waals surface area contributed by atoms with Crippen LogP contribution in [0.2, 0.25) is 5.02 Å². The number of carbonyl (C=O) groups excluding carboxylic acids is 2. The second kappa shape index (κ2) is 11.2. The van der Waals surface area contributed by atoms with Gasteiger partial charge in [-0.3, -0.25) is 9.59 Å². The summed E-state index contributed by atoms with van der Waals surface area (Å²) in [5.74, 6) is 0.781. The Morgan fingerprint density at radius 1 is 0.950 bits per heavy atom. The molecule has 6 rings (SSSR count). The predicted molar refractivity (Wildman–Crippen MR) is 155 cm³/mol. The number of carbonyl (C=O) groups is 2. The fourth-order valence-electron chi connectivity index (χ4n) is 5.26. The summed E-state index contributed by atoms with van der Waals surface area (Å²) < 4.78 is 13.5. The standard InChI is InChI=1S/C31H29ClFN5O2/c32-26-13-6-19(18-34-30(39)21-4-1-2-5-21)16-25(26)31(40)35-23-11-12-24-27(17-23)36-28(20-7-9-22(33)10-8-20)37-29(24)38-14-3-15-38/h6-13,16-17,21H,1-5,14-15,18H2,(H,34,39)(H,35,40). The average Bonchev–Trinajstić information content (AvgIpc) is 3.47. The van der Waals surface area contributed by atoms with Crippen LogP contribution in [-0.2, 0) is 11.3 Å². The predicted octanol–water partition coefficient (Wildman–Crippen LogP) is 6.36. The van der Waals surface area contributed by atoms with Crippen LogP contribution in [0.25, 0.3) is 22.3 Å². The van der Waals surface area contributed by atoms with Crippen LogP contribution in [0.1, 0.15) is 48.0 Å². The van der Waals surface area contributed by atoms with Crippen LogP contribution in [0.4, 0.5) is 15.9 Å². The Balaban J connectivity index is 1.24. The minimum absolute atomic E-state index is 0.0641. The molecule has 0 atom stereocenters. The lowest BCUT2D eigenvalue weighted by atomic mass is 10.1. The summed E-state index contributed by atoms with van der Waals surface area (Å²) in [7, 11) is 0. The summed E-state index contributed by atoms with van der Waals surface area (Å²) in [5.41, 5.74) is 3.07. The summed E-state index contributed by atoms with van der Waals surface area (Å²) in [6.07, 6.45) is 5.15. The maximum Gasteiger partial charge on any atom is 0.257 e. The lowest BCUT2D eigenvalue weighted by Gasteiger charge is -2.33. The molecule has 0 radical (unpaired) electrons. The van der Waals surface area contributed by atoms with Gasteiger partial charge in [-0.2, -0.15) is 0 Å². The Kier molecular flexibility index (Phi) is 7.34. The van der Waals surface area contributed by atoms with Gasteiger partial charge in [-0.25, -0.2) is 14.4 Å². The molecule has 1 aliphatic carbocycles. The Hall–Kier alpha value is -4.04. The van der Waals surface area contributed by atoms with Crippen LogP contribution in [0, 0.1) is 11.7 Å². The largest absolute Gasteiger partial charge is 0.356 e. The first-order valence-electron chi connectivity index (χ1n) is 13.6. The van der Waals surface area contributed by atoms with Crippen LogP contribution in [0.5, 0.6) is 0 Å². The van der Waals surface area contributed by atoms with Gasteiger partial charge in [0.1, 0.15) is 11.6 Å². The van der Waals surface area contributed by atoms with Crippen LogP contribution in [-0.4, -0.2) is 34.9 Å². The van der Waals surface area contributed by atoms with E-state index in [0.717, 1.165) is 62.0 Å². The number of benzene rings is 3. The number of nitrogens with zero attached hydrogens (tertiary/aromatic N) is 3. The number of anilines is 2. The van der Waals surface area contributed by atoms with Crippen molar-refractivity contribution in [2.45, 2.75) is 38.6 Å².